The van der Waals surface area contributed by atoms with Crippen LogP contribution in [0.15, 0.2) is 42.5 Å². The van der Waals surface area contributed by atoms with Crippen molar-refractivity contribution >= 4 is 21.4 Å². The number of aliphatic hydroxyl groups is 1. The van der Waals surface area contributed by atoms with Crippen LogP contribution in [0.4, 0.5) is 0 Å². The predicted molar refractivity (Wildman–Crippen MR) is 167 cm³/mol. The van der Waals surface area contributed by atoms with Gasteiger partial charge in [-0.25, -0.2) is 0 Å². The molecule has 1 aromatic heterocycles. The lowest BCUT2D eigenvalue weighted by molar-refractivity contribution is -0.295. The monoisotopic (exact) mass is 601 g/mol. The van der Waals surface area contributed by atoms with Crippen molar-refractivity contribution in [3.8, 4) is 11.5 Å². The molecule has 228 valence electrons. The molecule has 6 nitrogen and oxygen atoms in total. The van der Waals surface area contributed by atoms with Crippen molar-refractivity contribution in [3.05, 3.63) is 58.5 Å². The van der Waals surface area contributed by atoms with Crippen LogP contribution >= 0.6 is 11.3 Å². The third-order valence-electron chi connectivity index (χ3n) is 12.5. The van der Waals surface area contributed by atoms with Crippen LogP contribution in [0, 0.1) is 23.2 Å². The predicted octanol–water partition coefficient (Wildman–Crippen LogP) is 5.96. The first-order valence-corrected chi connectivity index (χ1v) is 17.3. The molecular formula is C36H43NO5S. The van der Waals surface area contributed by atoms with Crippen LogP contribution in [0.25, 0.3) is 10.1 Å². The summed E-state index contributed by atoms with van der Waals surface area (Å²) in [6.07, 6.45) is 7.06. The summed E-state index contributed by atoms with van der Waals surface area (Å²) in [7, 11) is 1.91. The lowest BCUT2D eigenvalue weighted by Crippen LogP contribution is -2.83. The second-order valence-corrected chi connectivity index (χ2v) is 15.5. The summed E-state index contributed by atoms with van der Waals surface area (Å²) in [5.74, 6) is 3.27. The smallest absolute Gasteiger partial charge is 0.166 e. The van der Waals surface area contributed by atoms with Gasteiger partial charge >= 0.3 is 0 Å². The molecule has 4 bridgehead atoms. The highest BCUT2D eigenvalue weighted by atomic mass is 32.1. The molecule has 2 aromatic carbocycles. The zero-order chi connectivity index (χ0) is 29.0. The Morgan fingerprint density at radius 3 is 2.84 bits per heavy atom. The van der Waals surface area contributed by atoms with Gasteiger partial charge in [0.2, 0.25) is 0 Å². The third kappa shape index (κ3) is 3.55. The number of aliphatic hydroxyl groups excluding tert-OH is 1. The molecule has 3 heterocycles. The van der Waals surface area contributed by atoms with Crippen LogP contribution < -0.4 is 9.47 Å². The minimum absolute atomic E-state index is 0.00907. The highest BCUT2D eigenvalue weighted by Crippen LogP contribution is 2.77. The van der Waals surface area contributed by atoms with Crippen LogP contribution in [0.2, 0.25) is 0 Å². The van der Waals surface area contributed by atoms with Crippen molar-refractivity contribution < 1.29 is 24.1 Å². The Balaban J connectivity index is 1.12. The van der Waals surface area contributed by atoms with Crippen LogP contribution in [0.5, 0.6) is 11.5 Å². The zero-order valence-corrected chi connectivity index (χ0v) is 26.2. The van der Waals surface area contributed by atoms with Gasteiger partial charge in [-0.2, -0.15) is 0 Å². The maximum Gasteiger partial charge on any atom is 0.166 e. The standard InChI is InChI=1S/C36H43NO5S/c1-22-18-37(19-23-7-8-23)30-16-25-9-10-28(41-14-13-38)32-31(25)36(22)33(42-32)35(39-2)12-11-34(30,36)17-26(35)20-40-21-27-15-24-5-3-4-6-29(24)43-27/h3-6,9-10,15,22-23,26,30,33,38H,7-8,11-14,16-21H2,1-2H3/t22-,26+,30+,33-,34+,35+,36-/m0/s1. The molecular weight excluding hydrogens is 558 g/mol. The number of hydrogen-bond donors (Lipinski definition) is 1. The topological polar surface area (TPSA) is 60.4 Å². The number of thiophene rings is 1. The van der Waals surface area contributed by atoms with Crippen LogP contribution in [0.3, 0.4) is 0 Å². The highest BCUT2D eigenvalue weighted by Gasteiger charge is 2.82. The molecule has 0 amide bonds. The largest absolute Gasteiger partial charge is 0.487 e. The second-order valence-electron chi connectivity index (χ2n) is 14.4. The van der Waals surface area contributed by atoms with Crippen molar-refractivity contribution in [1.29, 1.82) is 0 Å². The van der Waals surface area contributed by atoms with Crippen molar-refractivity contribution in [3.63, 3.8) is 0 Å². The van der Waals surface area contributed by atoms with Gasteiger partial charge in [0.1, 0.15) is 18.3 Å². The molecule has 0 unspecified atom stereocenters. The second kappa shape index (κ2) is 9.67. The van der Waals surface area contributed by atoms with Crippen molar-refractivity contribution in [1.82, 2.24) is 4.90 Å². The average molecular weight is 602 g/mol. The number of fused-ring (bicyclic) bond motifs is 3. The van der Waals surface area contributed by atoms with Crippen molar-refractivity contribution in [2.24, 2.45) is 23.2 Å². The lowest BCUT2D eigenvalue weighted by Gasteiger charge is -2.75. The van der Waals surface area contributed by atoms with Crippen molar-refractivity contribution in [2.45, 2.75) is 75.2 Å². The first-order valence-electron chi connectivity index (χ1n) is 16.4. The lowest BCUT2D eigenvalue weighted by atomic mass is 9.33. The first-order chi connectivity index (χ1) is 21.0. The molecule has 7 heteroatoms. The summed E-state index contributed by atoms with van der Waals surface area (Å²) in [5, 5.41) is 10.9. The number of hydrogen-bond acceptors (Lipinski definition) is 7. The fraction of sp³-hybridized carbons (Fsp3) is 0.611. The normalized spacial score (nSPS) is 37.0. The minimum Gasteiger partial charge on any atom is -0.487 e. The van der Waals surface area contributed by atoms with Gasteiger partial charge in [-0.1, -0.05) is 31.2 Å². The molecule has 5 aliphatic carbocycles. The van der Waals surface area contributed by atoms with Gasteiger partial charge in [0.25, 0.3) is 0 Å². The van der Waals surface area contributed by atoms with Gasteiger partial charge < -0.3 is 24.1 Å². The molecule has 4 saturated carbocycles. The molecule has 1 saturated heterocycles. The van der Waals surface area contributed by atoms with Gasteiger partial charge in [0.15, 0.2) is 11.5 Å². The molecule has 7 atom stereocenters. The van der Waals surface area contributed by atoms with Gasteiger partial charge in [-0.3, -0.25) is 4.90 Å². The van der Waals surface area contributed by atoms with E-state index in [2.05, 4.69) is 54.3 Å². The molecule has 0 radical (unpaired) electrons. The molecule has 1 N–H and O–H groups in total. The average Bonchev–Trinajstić information content (AvgIpc) is 3.60. The Kier molecular flexibility index (Phi) is 6.11. The quantitative estimate of drug-likeness (QED) is 0.310. The van der Waals surface area contributed by atoms with Crippen molar-refractivity contribution in [2.75, 3.05) is 40.0 Å². The Labute approximate surface area is 258 Å². The van der Waals surface area contributed by atoms with Gasteiger partial charge in [0, 0.05) is 52.7 Å². The fourth-order valence-corrected chi connectivity index (χ4v) is 11.9. The summed E-state index contributed by atoms with van der Waals surface area (Å²) in [6, 6.07) is 15.8. The summed E-state index contributed by atoms with van der Waals surface area (Å²) < 4.78 is 28.1. The van der Waals surface area contributed by atoms with Gasteiger partial charge in [-0.05, 0) is 79.5 Å². The fourth-order valence-electron chi connectivity index (χ4n) is 10.9. The maximum absolute atomic E-state index is 9.59. The Morgan fingerprint density at radius 2 is 2.02 bits per heavy atom. The Bertz CT molecular complexity index is 1540. The van der Waals surface area contributed by atoms with E-state index < -0.39 is 5.60 Å². The number of ether oxygens (including phenoxy) is 4. The third-order valence-corrected chi connectivity index (χ3v) is 13.6. The number of methoxy groups -OCH3 is 1. The van der Waals surface area contributed by atoms with Crippen LogP contribution in [0.1, 0.15) is 55.0 Å². The maximum atomic E-state index is 9.59. The Hall–Kier alpha value is -2.16. The highest BCUT2D eigenvalue weighted by molar-refractivity contribution is 7.19. The molecule has 5 fully saturated rings. The molecule has 10 rings (SSSR count). The minimum atomic E-state index is -0.415. The summed E-state index contributed by atoms with van der Waals surface area (Å²) >= 11 is 1.84. The molecule has 3 aromatic rings. The number of rotatable bonds is 10. The van der Waals surface area contributed by atoms with Crippen LogP contribution in [-0.2, 0) is 27.9 Å². The molecule has 2 aliphatic heterocycles. The van der Waals surface area contributed by atoms with Gasteiger partial charge in [0.05, 0.1) is 25.2 Å². The van der Waals surface area contributed by atoms with Gasteiger partial charge in [-0.15, -0.1) is 11.3 Å². The Morgan fingerprint density at radius 1 is 1.14 bits per heavy atom. The summed E-state index contributed by atoms with van der Waals surface area (Å²) in [6.45, 7) is 6.44. The van der Waals surface area contributed by atoms with E-state index in [4.69, 9.17) is 18.9 Å². The molecule has 7 aliphatic rings. The van der Waals surface area contributed by atoms with E-state index in [1.54, 1.807) is 0 Å². The molecule has 43 heavy (non-hydrogen) atoms. The summed E-state index contributed by atoms with van der Waals surface area (Å²) in [4.78, 5) is 4.18. The number of likely N-dealkylation sites (tertiary alicyclic amines) is 1. The number of nitrogens with zero attached hydrogens (tertiary/aromatic N) is 1. The zero-order valence-electron chi connectivity index (χ0n) is 25.3. The van der Waals surface area contributed by atoms with E-state index in [1.807, 2.05) is 18.4 Å². The first kappa shape index (κ1) is 27.2. The number of benzene rings is 2. The van der Waals surface area contributed by atoms with E-state index in [9.17, 15) is 5.11 Å². The molecule has 2 spiro atoms. The van der Waals surface area contributed by atoms with E-state index in [1.165, 1.54) is 51.9 Å². The van der Waals surface area contributed by atoms with E-state index in [-0.39, 0.29) is 36.1 Å². The summed E-state index contributed by atoms with van der Waals surface area (Å²) in [5.41, 5.74) is 2.45. The van der Waals surface area contributed by atoms with E-state index >= 15 is 0 Å². The SMILES string of the molecule is CO[C@]12CC[C@@]3(C[C@@H]1COCc1cc4ccccc4s1)[C@H]1Cc4ccc(OCCO)c5c4[C@@]3([C@@H](C)CN1CC1CC1)[C@H]2O5. The van der Waals surface area contributed by atoms with E-state index in [0.717, 1.165) is 43.2 Å². The van der Waals surface area contributed by atoms with Crippen LogP contribution in [-0.4, -0.2) is 67.8 Å². The number of piperidine rings is 1. The van der Waals surface area contributed by atoms with E-state index in [0.29, 0.717) is 25.2 Å².